The smallest absolute Gasteiger partial charge is 0.293 e. The zero-order valence-corrected chi connectivity index (χ0v) is 20.5. The van der Waals surface area contributed by atoms with Crippen LogP contribution in [0.4, 0.5) is 11.6 Å². The molecule has 0 unspecified atom stereocenters. The molecule has 0 saturated heterocycles. The van der Waals surface area contributed by atoms with Crippen molar-refractivity contribution in [3.05, 3.63) is 59.3 Å². The Hall–Kier alpha value is -4.12. The number of rotatable bonds is 13. The number of hydrogen-bond donors (Lipinski definition) is 2. The molecule has 188 valence electrons. The summed E-state index contributed by atoms with van der Waals surface area (Å²) in [5.41, 5.74) is 2.61. The monoisotopic (exact) mass is 490 g/mol. The van der Waals surface area contributed by atoms with Gasteiger partial charge in [0, 0.05) is 62.0 Å². The number of hydrogen-bond acceptors (Lipinski definition) is 10. The Labute approximate surface area is 208 Å². The molecule has 2 N–H and O–H groups in total. The molecule has 0 aliphatic rings. The summed E-state index contributed by atoms with van der Waals surface area (Å²) in [7, 11) is 1.57. The minimum absolute atomic E-state index is 0.212. The van der Waals surface area contributed by atoms with Gasteiger partial charge in [-0.1, -0.05) is 6.92 Å². The molecule has 0 fully saturated rings. The number of methoxy groups -OCH3 is 1. The summed E-state index contributed by atoms with van der Waals surface area (Å²) in [5.74, 6) is 1.51. The second-order valence-corrected chi connectivity index (χ2v) is 8.00. The summed E-state index contributed by atoms with van der Waals surface area (Å²) in [6.07, 6.45) is 6.74. The van der Waals surface area contributed by atoms with Crippen molar-refractivity contribution in [2.24, 2.45) is 0 Å². The first-order valence-electron chi connectivity index (χ1n) is 11.9. The maximum Gasteiger partial charge on any atom is 0.293 e. The molecule has 0 radical (unpaired) electrons. The quantitative estimate of drug-likeness (QED) is 0.270. The highest BCUT2D eigenvalue weighted by Crippen LogP contribution is 2.23. The van der Waals surface area contributed by atoms with E-state index in [4.69, 9.17) is 9.47 Å². The second kappa shape index (κ2) is 12.5. The highest BCUT2D eigenvalue weighted by Gasteiger charge is 2.13. The molecule has 0 spiro atoms. The van der Waals surface area contributed by atoms with Crippen LogP contribution in [0, 0.1) is 0 Å². The third-order valence-corrected chi connectivity index (χ3v) is 5.41. The lowest BCUT2D eigenvalue weighted by Gasteiger charge is -2.14. The summed E-state index contributed by atoms with van der Waals surface area (Å²) in [6, 6.07) is 9.28. The fraction of sp³-hybridized carbons (Fsp3) is 0.360. The van der Waals surface area contributed by atoms with Gasteiger partial charge in [-0.25, -0.2) is 15.0 Å². The normalized spacial score (nSPS) is 10.9. The van der Waals surface area contributed by atoms with E-state index in [9.17, 15) is 4.79 Å². The average Bonchev–Trinajstić information content (AvgIpc) is 2.92. The molecule has 0 bridgehead atoms. The van der Waals surface area contributed by atoms with Crippen molar-refractivity contribution in [3.8, 4) is 17.0 Å². The topological polar surface area (TPSA) is 129 Å². The van der Waals surface area contributed by atoms with Crippen LogP contribution in [0.25, 0.3) is 22.3 Å². The molecule has 4 heterocycles. The molecule has 11 heteroatoms. The maximum atomic E-state index is 13.4. The van der Waals surface area contributed by atoms with Gasteiger partial charge in [-0.15, -0.1) is 5.10 Å². The third-order valence-electron chi connectivity index (χ3n) is 5.41. The Bertz CT molecular complexity index is 1310. The number of nitrogens with zero attached hydrogens (tertiary/aromatic N) is 6. The van der Waals surface area contributed by atoms with Crippen molar-refractivity contribution >= 4 is 22.8 Å². The summed E-state index contributed by atoms with van der Waals surface area (Å²) in [5, 5.41) is 14.2. The zero-order chi connectivity index (χ0) is 25.2. The highest BCUT2D eigenvalue weighted by atomic mass is 16.5. The van der Waals surface area contributed by atoms with Crippen LogP contribution >= 0.6 is 0 Å². The molecule has 0 atom stereocenters. The molecule has 0 aromatic carbocycles. The first-order chi connectivity index (χ1) is 17.7. The van der Waals surface area contributed by atoms with E-state index in [1.807, 2.05) is 31.2 Å². The van der Waals surface area contributed by atoms with Crippen LogP contribution in [-0.4, -0.2) is 63.1 Å². The first kappa shape index (κ1) is 25.0. The Morgan fingerprint density at radius 3 is 2.64 bits per heavy atom. The number of anilines is 2. The lowest BCUT2D eigenvalue weighted by atomic mass is 10.1. The number of nitrogens with one attached hydrogen (secondary N) is 2. The number of pyridine rings is 2. The lowest BCUT2D eigenvalue weighted by molar-refractivity contribution is 0.127. The minimum atomic E-state index is -0.212. The fourth-order valence-electron chi connectivity index (χ4n) is 3.60. The molecule has 4 aromatic rings. The van der Waals surface area contributed by atoms with Crippen molar-refractivity contribution in [1.29, 1.82) is 0 Å². The molecule has 11 nitrogen and oxygen atoms in total. The van der Waals surface area contributed by atoms with E-state index in [-0.39, 0.29) is 11.4 Å². The molecule has 36 heavy (non-hydrogen) atoms. The predicted molar refractivity (Wildman–Crippen MR) is 138 cm³/mol. The van der Waals surface area contributed by atoms with E-state index < -0.39 is 0 Å². The maximum absolute atomic E-state index is 13.4. The lowest BCUT2D eigenvalue weighted by Crippen LogP contribution is -2.28. The van der Waals surface area contributed by atoms with Gasteiger partial charge in [0.05, 0.1) is 19.2 Å². The second-order valence-electron chi connectivity index (χ2n) is 8.00. The Kier molecular flexibility index (Phi) is 8.71. The molecular formula is C25H30N8O3. The van der Waals surface area contributed by atoms with Gasteiger partial charge in [-0.05, 0) is 37.1 Å². The highest BCUT2D eigenvalue weighted by molar-refractivity contribution is 5.78. The Balaban J connectivity index is 1.54. The molecule has 4 aromatic heterocycles. The molecule has 0 aliphatic carbocycles. The predicted octanol–water partition coefficient (Wildman–Crippen LogP) is 2.99. The summed E-state index contributed by atoms with van der Waals surface area (Å²) < 4.78 is 12.5. The van der Waals surface area contributed by atoms with Crippen molar-refractivity contribution in [3.63, 3.8) is 0 Å². The molecule has 4 rings (SSSR count). The van der Waals surface area contributed by atoms with Gasteiger partial charge in [0.1, 0.15) is 5.82 Å². The van der Waals surface area contributed by atoms with Gasteiger partial charge in [0.2, 0.25) is 5.88 Å². The van der Waals surface area contributed by atoms with E-state index in [2.05, 4.69) is 35.8 Å². The summed E-state index contributed by atoms with van der Waals surface area (Å²) in [4.78, 5) is 26.7. The van der Waals surface area contributed by atoms with Crippen LogP contribution in [0.3, 0.4) is 0 Å². The number of aromatic nitrogens is 6. The van der Waals surface area contributed by atoms with Crippen LogP contribution in [0.1, 0.15) is 19.8 Å². The number of ether oxygens (including phenoxy) is 2. The van der Waals surface area contributed by atoms with Crippen molar-refractivity contribution in [2.45, 2.75) is 26.3 Å². The molecule has 0 saturated carbocycles. The van der Waals surface area contributed by atoms with E-state index in [0.29, 0.717) is 55.7 Å². The van der Waals surface area contributed by atoms with Crippen LogP contribution in [0.2, 0.25) is 0 Å². The minimum Gasteiger partial charge on any atom is -0.481 e. The summed E-state index contributed by atoms with van der Waals surface area (Å²) >= 11 is 0. The Morgan fingerprint density at radius 1 is 1.03 bits per heavy atom. The van der Waals surface area contributed by atoms with E-state index in [1.54, 1.807) is 36.3 Å². The van der Waals surface area contributed by atoms with Gasteiger partial charge in [-0.3, -0.25) is 9.36 Å². The van der Waals surface area contributed by atoms with E-state index >= 15 is 0 Å². The van der Waals surface area contributed by atoms with Crippen molar-refractivity contribution in [1.82, 2.24) is 29.7 Å². The van der Waals surface area contributed by atoms with E-state index in [1.165, 1.54) is 0 Å². The zero-order valence-electron chi connectivity index (χ0n) is 20.5. The van der Waals surface area contributed by atoms with Gasteiger partial charge < -0.3 is 20.1 Å². The molecule has 0 aliphatic heterocycles. The van der Waals surface area contributed by atoms with Gasteiger partial charge >= 0.3 is 0 Å². The standard InChI is InChI=1S/C25H30N8O3/c1-3-13-36-14-12-33-20-15-19(18-7-8-22(35-2)28-16-18)17-29-23(20)31-24(25(33)34)27-10-5-9-26-21-6-4-11-30-32-21/h4,6-8,11,15-17H,3,5,9-10,12-14H2,1-2H3,(H,26,32)(H,27,29,31). The van der Waals surface area contributed by atoms with Crippen LogP contribution in [0.5, 0.6) is 5.88 Å². The first-order valence-corrected chi connectivity index (χ1v) is 11.9. The van der Waals surface area contributed by atoms with Crippen LogP contribution < -0.4 is 20.9 Å². The van der Waals surface area contributed by atoms with Crippen molar-refractivity contribution in [2.75, 3.05) is 44.0 Å². The average molecular weight is 491 g/mol. The SMILES string of the molecule is CCCOCCn1c(=O)c(NCCCNc2cccnn2)nc2ncc(-c3ccc(OC)nc3)cc21. The van der Waals surface area contributed by atoms with E-state index in [0.717, 1.165) is 24.0 Å². The Morgan fingerprint density at radius 2 is 1.89 bits per heavy atom. The van der Waals surface area contributed by atoms with Gasteiger partial charge in [0.15, 0.2) is 11.5 Å². The van der Waals surface area contributed by atoms with Crippen LogP contribution in [-0.2, 0) is 11.3 Å². The van der Waals surface area contributed by atoms with Gasteiger partial charge in [0.25, 0.3) is 5.56 Å². The van der Waals surface area contributed by atoms with Crippen LogP contribution in [0.15, 0.2) is 53.7 Å². The van der Waals surface area contributed by atoms with Gasteiger partial charge in [-0.2, -0.15) is 5.10 Å². The third kappa shape index (κ3) is 6.30. The number of fused-ring (bicyclic) bond motifs is 1. The molecule has 0 amide bonds. The van der Waals surface area contributed by atoms with Crippen molar-refractivity contribution < 1.29 is 9.47 Å². The molecular weight excluding hydrogens is 460 g/mol. The fourth-order valence-corrected chi connectivity index (χ4v) is 3.60. The summed E-state index contributed by atoms with van der Waals surface area (Å²) in [6.45, 7) is 4.74. The largest absolute Gasteiger partial charge is 0.481 e.